The van der Waals surface area contributed by atoms with Crippen molar-refractivity contribution in [3.05, 3.63) is 104 Å². The van der Waals surface area contributed by atoms with Gasteiger partial charge in [0, 0.05) is 31.6 Å². The minimum atomic E-state index is -1.97. The molecule has 1 saturated carbocycles. The number of alkyl halides is 1. The average molecular weight is 953 g/mol. The number of aromatic nitrogens is 3. The van der Waals surface area contributed by atoms with E-state index in [9.17, 15) is 28.7 Å². The molecule has 0 bridgehead atoms. The first-order chi connectivity index (χ1) is 31.8. The maximum atomic E-state index is 14.7. The molecule has 67 heavy (non-hydrogen) atoms. The molecule has 2 aromatic heterocycles. The van der Waals surface area contributed by atoms with Gasteiger partial charge in [0.1, 0.15) is 23.7 Å². The van der Waals surface area contributed by atoms with E-state index in [2.05, 4.69) is 62.1 Å². The Balaban J connectivity index is 0.831. The Morgan fingerprint density at radius 2 is 1.84 bits per heavy atom. The number of ether oxygens (including phenoxy) is 1. The number of nitrogens with one attached hydrogen (secondary N) is 2. The zero-order valence-corrected chi connectivity index (χ0v) is 40.5. The van der Waals surface area contributed by atoms with Crippen LogP contribution in [0.3, 0.4) is 0 Å². The molecule has 5 heterocycles. The number of piperidine rings is 1. The highest BCUT2D eigenvalue weighted by Crippen LogP contribution is 2.45. The van der Waals surface area contributed by atoms with E-state index in [-0.39, 0.29) is 37.9 Å². The van der Waals surface area contributed by atoms with Crippen LogP contribution in [0.15, 0.2) is 64.9 Å². The molecule has 3 fully saturated rings. The summed E-state index contributed by atoms with van der Waals surface area (Å²) in [4.78, 5) is 67.5. The number of amides is 3. The first-order valence-corrected chi connectivity index (χ1v) is 24.6. The molecule has 3 atom stereocenters. The quantitative estimate of drug-likeness (QED) is 0.103. The molecule has 3 N–H and O–H groups in total. The summed E-state index contributed by atoms with van der Waals surface area (Å²) in [5, 5.41) is 17.1. The maximum absolute atomic E-state index is 14.7. The number of β-amino-alcohol motifs (C(OH)–C–C–N with tert-alkyl or cyclic N) is 1. The lowest BCUT2D eigenvalue weighted by Gasteiger charge is -2.35. The van der Waals surface area contributed by atoms with Crippen LogP contribution in [0.1, 0.15) is 107 Å². The first-order valence-electron chi connectivity index (χ1n) is 23.4. The number of benzene rings is 3. The van der Waals surface area contributed by atoms with Crippen LogP contribution in [0.4, 0.5) is 4.39 Å². The predicted molar refractivity (Wildman–Crippen MR) is 258 cm³/mol. The van der Waals surface area contributed by atoms with Crippen molar-refractivity contribution in [1.82, 2.24) is 35.0 Å². The van der Waals surface area contributed by atoms with Crippen LogP contribution in [0.5, 0.6) is 5.75 Å². The smallest absolute Gasteiger partial charge is 0.282 e. The Labute approximate surface area is 399 Å². The number of halogens is 2. The highest BCUT2D eigenvalue weighted by atomic mass is 35.5. The van der Waals surface area contributed by atoms with Gasteiger partial charge in [-0.15, -0.1) is 11.3 Å². The minimum absolute atomic E-state index is 0.0357. The van der Waals surface area contributed by atoms with Crippen LogP contribution in [0, 0.1) is 12.3 Å². The number of hydrogen-bond donors (Lipinski definition) is 3. The summed E-state index contributed by atoms with van der Waals surface area (Å²) in [7, 11) is 0. The molecule has 13 nitrogen and oxygen atoms in total. The van der Waals surface area contributed by atoms with E-state index in [1.165, 1.54) is 10.5 Å². The number of nitrogens with zero attached hydrogens (tertiary/aromatic N) is 5. The largest absolute Gasteiger partial charge is 0.493 e. The number of aliphatic hydroxyl groups excluding tert-OH is 1. The summed E-state index contributed by atoms with van der Waals surface area (Å²) in [6.07, 6.45) is 2.13. The number of fused-ring (bicyclic) bond motifs is 5. The summed E-state index contributed by atoms with van der Waals surface area (Å²) >= 11 is 8.07. The second kappa shape index (κ2) is 18.0. The maximum Gasteiger partial charge on any atom is 0.282 e. The fourth-order valence-corrected chi connectivity index (χ4v) is 11.1. The van der Waals surface area contributed by atoms with Crippen LogP contribution < -0.4 is 20.9 Å². The molecule has 3 aliphatic heterocycles. The van der Waals surface area contributed by atoms with E-state index in [0.29, 0.717) is 28.7 Å². The molecule has 0 spiro atoms. The van der Waals surface area contributed by atoms with Gasteiger partial charge in [0.2, 0.25) is 11.8 Å². The van der Waals surface area contributed by atoms with Gasteiger partial charge in [-0.1, -0.05) is 62.7 Å². The van der Waals surface area contributed by atoms with Crippen molar-refractivity contribution in [3.63, 3.8) is 0 Å². The van der Waals surface area contributed by atoms with Crippen molar-refractivity contribution in [1.29, 1.82) is 0 Å². The molecule has 2 saturated heterocycles. The standard InChI is InChI=1S/C51H59ClFN7O6S/c1-29-42(67-28-55-29)32-11-12-33(26-54-44(62)39-25-34(61)27-59(39)46(64)43(49(2,3)4)56-48(65)51(53)17-18-51)40(24-32)66-22-8-19-58-20-15-30(16-21-58)31-13-14-35-38(23-31)60-37-10-7-9-36(52)41(37)45(63)57-47(60)50(35,5)6/h7,9-14,23-24,28,30,34,39,43,61H,8,15-22,25-27H2,1-6H3,(H,54,62)(H,56,65)/t34-,39+,43-/m1/s1. The van der Waals surface area contributed by atoms with E-state index in [1.807, 2.05) is 42.8 Å². The highest BCUT2D eigenvalue weighted by Gasteiger charge is 2.53. The Hall–Kier alpha value is -5.22. The third kappa shape index (κ3) is 9.12. The van der Waals surface area contributed by atoms with E-state index < -0.39 is 52.4 Å². The van der Waals surface area contributed by atoms with Gasteiger partial charge in [0.25, 0.3) is 11.5 Å². The minimum Gasteiger partial charge on any atom is -0.493 e. The van der Waals surface area contributed by atoms with E-state index >= 15 is 0 Å². The second-order valence-corrected chi connectivity index (χ2v) is 21.6. The summed E-state index contributed by atoms with van der Waals surface area (Å²) in [5.74, 6) is -0.0441. The predicted octanol–water partition coefficient (Wildman–Crippen LogP) is 7.37. The Bertz CT molecular complexity index is 2810. The van der Waals surface area contributed by atoms with Gasteiger partial charge in [-0.2, -0.15) is 4.98 Å². The fraction of sp³-hybridized carbons (Fsp3) is 0.490. The molecule has 4 aliphatic rings. The average Bonchev–Trinajstić information content (AvgIpc) is 3.59. The zero-order valence-electron chi connectivity index (χ0n) is 39.0. The van der Waals surface area contributed by atoms with Gasteiger partial charge in [0.15, 0.2) is 5.67 Å². The van der Waals surface area contributed by atoms with Crippen LogP contribution in [-0.2, 0) is 26.3 Å². The van der Waals surface area contributed by atoms with Crippen molar-refractivity contribution >= 4 is 51.6 Å². The summed E-state index contributed by atoms with van der Waals surface area (Å²) in [6.45, 7) is 14.8. The van der Waals surface area contributed by atoms with Crippen molar-refractivity contribution in [3.8, 4) is 21.9 Å². The lowest BCUT2D eigenvalue weighted by atomic mass is 9.83. The van der Waals surface area contributed by atoms with Crippen LogP contribution in [0.25, 0.3) is 27.0 Å². The molecular weight excluding hydrogens is 893 g/mol. The molecular formula is C51H59ClFN7O6S. The number of hydrogen-bond acceptors (Lipinski definition) is 10. The topological polar surface area (TPSA) is 159 Å². The molecule has 354 valence electrons. The van der Waals surface area contributed by atoms with Gasteiger partial charge >= 0.3 is 0 Å². The van der Waals surface area contributed by atoms with E-state index in [1.54, 1.807) is 38.2 Å². The van der Waals surface area contributed by atoms with Gasteiger partial charge in [-0.25, -0.2) is 9.37 Å². The van der Waals surface area contributed by atoms with E-state index in [4.69, 9.17) is 16.3 Å². The molecule has 16 heteroatoms. The number of aryl methyl sites for hydroxylation is 1. The molecule has 0 unspecified atom stereocenters. The van der Waals surface area contributed by atoms with Crippen molar-refractivity contribution in [2.75, 3.05) is 32.8 Å². The number of likely N-dealkylation sites (tertiary alicyclic amines) is 2. The number of carbonyl (C=O) groups is 3. The lowest BCUT2D eigenvalue weighted by molar-refractivity contribution is -0.145. The summed E-state index contributed by atoms with van der Waals surface area (Å²) in [5.41, 5.74) is 5.19. The Kier molecular flexibility index (Phi) is 12.6. The zero-order chi connectivity index (χ0) is 47.6. The molecule has 3 aromatic carbocycles. The number of rotatable bonds is 13. The number of aliphatic hydroxyl groups is 1. The van der Waals surface area contributed by atoms with Gasteiger partial charge in [-0.3, -0.25) is 23.7 Å². The molecule has 3 amide bonds. The summed E-state index contributed by atoms with van der Waals surface area (Å²) in [6, 6.07) is 16.1. The normalized spacial score (nSPS) is 20.3. The van der Waals surface area contributed by atoms with E-state index in [0.717, 1.165) is 83.2 Å². The van der Waals surface area contributed by atoms with Crippen LogP contribution in [0.2, 0.25) is 5.02 Å². The third-order valence-electron chi connectivity index (χ3n) is 14.2. The van der Waals surface area contributed by atoms with Gasteiger partial charge < -0.3 is 30.3 Å². The van der Waals surface area contributed by atoms with Gasteiger partial charge in [-0.05, 0) is 118 Å². The van der Waals surface area contributed by atoms with Crippen LogP contribution >= 0.6 is 22.9 Å². The van der Waals surface area contributed by atoms with Crippen LogP contribution in [-0.4, -0.2) is 104 Å². The Morgan fingerprint density at radius 1 is 1.07 bits per heavy atom. The second-order valence-electron chi connectivity index (χ2n) is 20.4. The SMILES string of the molecule is Cc1ncsc1-c1ccc(CNC(=O)[C@@H]2C[C@@H](O)CN2C(=O)[C@@H](NC(=O)C2(F)CC2)C(C)(C)C)c(OCCCN2CCC(c3ccc4c(c3)-n3c(nc(=O)c5c(Cl)cccc53)C4(C)C)CC2)c1. The van der Waals surface area contributed by atoms with Crippen molar-refractivity contribution in [2.24, 2.45) is 5.41 Å². The molecule has 9 rings (SSSR count). The monoisotopic (exact) mass is 951 g/mol. The lowest BCUT2D eigenvalue weighted by Crippen LogP contribution is -2.59. The van der Waals surface area contributed by atoms with Crippen molar-refractivity contribution in [2.45, 2.75) is 122 Å². The fourth-order valence-electron chi connectivity index (χ4n) is 10.1. The molecule has 5 aromatic rings. The number of carbonyl (C=O) groups excluding carboxylic acids is 3. The number of thiazole rings is 1. The third-order valence-corrected chi connectivity index (χ3v) is 15.5. The van der Waals surface area contributed by atoms with Crippen molar-refractivity contribution < 1.29 is 28.6 Å². The highest BCUT2D eigenvalue weighted by molar-refractivity contribution is 7.13. The Morgan fingerprint density at radius 3 is 2.54 bits per heavy atom. The molecule has 0 radical (unpaired) electrons. The van der Waals surface area contributed by atoms with Gasteiger partial charge in [0.05, 0.1) is 55.8 Å². The molecule has 1 aliphatic carbocycles. The first kappa shape index (κ1) is 46.9. The summed E-state index contributed by atoms with van der Waals surface area (Å²) < 4.78 is 23.3.